The van der Waals surface area contributed by atoms with Gasteiger partial charge >= 0.3 is 12.1 Å². The van der Waals surface area contributed by atoms with Crippen molar-refractivity contribution in [1.82, 2.24) is 4.90 Å². The third-order valence-electron chi connectivity index (χ3n) is 2.26. The average molecular weight is 271 g/mol. The van der Waals surface area contributed by atoms with Gasteiger partial charge in [0, 0.05) is 18.7 Å². The Morgan fingerprint density at radius 1 is 1.28 bits per heavy atom. The van der Waals surface area contributed by atoms with E-state index in [0.29, 0.717) is 13.0 Å². The van der Waals surface area contributed by atoms with Gasteiger partial charge in [-0.15, -0.1) is 0 Å². The number of carboxylic acid groups (broad SMARTS) is 1. The van der Waals surface area contributed by atoms with Crippen LogP contribution in [-0.2, 0) is 9.53 Å². The van der Waals surface area contributed by atoms with E-state index in [2.05, 4.69) is 4.74 Å². The van der Waals surface area contributed by atoms with Gasteiger partial charge in [-0.25, -0.2) is 0 Å². The molecule has 0 amide bonds. The van der Waals surface area contributed by atoms with Gasteiger partial charge in [-0.05, 0) is 27.2 Å². The molecule has 0 radical (unpaired) electrons. The molecule has 18 heavy (non-hydrogen) atoms. The van der Waals surface area contributed by atoms with Crippen LogP contribution in [0.3, 0.4) is 0 Å². The lowest BCUT2D eigenvalue weighted by Gasteiger charge is -2.34. The van der Waals surface area contributed by atoms with Crippen molar-refractivity contribution in [2.24, 2.45) is 0 Å². The minimum absolute atomic E-state index is 0.0360. The molecule has 1 N–H and O–H groups in total. The molecule has 7 heteroatoms. The number of carbonyl (C=O) groups is 1. The maximum absolute atomic E-state index is 11.8. The number of aliphatic carboxylic acids is 1. The summed E-state index contributed by atoms with van der Waals surface area (Å²) in [4.78, 5) is 12.3. The van der Waals surface area contributed by atoms with E-state index < -0.39 is 18.8 Å². The minimum Gasteiger partial charge on any atom is -0.480 e. The van der Waals surface area contributed by atoms with Gasteiger partial charge < -0.3 is 9.84 Å². The fourth-order valence-electron chi connectivity index (χ4n) is 1.36. The fourth-order valence-corrected chi connectivity index (χ4v) is 1.36. The van der Waals surface area contributed by atoms with Crippen LogP contribution >= 0.6 is 0 Å². The molecule has 0 aromatic rings. The Kier molecular flexibility index (Phi) is 6.62. The number of hydrogen-bond donors (Lipinski definition) is 1. The number of halogens is 3. The Balaban J connectivity index is 3.95. The lowest BCUT2D eigenvalue weighted by molar-refractivity contribution is -0.174. The summed E-state index contributed by atoms with van der Waals surface area (Å²) in [6.07, 6.45) is -3.95. The van der Waals surface area contributed by atoms with Crippen LogP contribution in [0.4, 0.5) is 13.2 Å². The van der Waals surface area contributed by atoms with Gasteiger partial charge in [-0.3, -0.25) is 9.69 Å². The van der Waals surface area contributed by atoms with Crippen molar-refractivity contribution in [3.8, 4) is 0 Å². The first kappa shape index (κ1) is 17.2. The zero-order valence-corrected chi connectivity index (χ0v) is 10.9. The molecule has 0 spiro atoms. The third-order valence-corrected chi connectivity index (χ3v) is 2.26. The molecule has 0 aromatic heterocycles. The van der Waals surface area contributed by atoms with Crippen molar-refractivity contribution in [2.45, 2.75) is 38.9 Å². The van der Waals surface area contributed by atoms with Crippen molar-refractivity contribution in [3.63, 3.8) is 0 Å². The number of nitrogens with zero attached hydrogens (tertiary/aromatic N) is 1. The summed E-state index contributed by atoms with van der Waals surface area (Å²) < 4.78 is 39.8. The fraction of sp³-hybridized carbons (Fsp3) is 0.909. The molecule has 0 saturated carbocycles. The van der Waals surface area contributed by atoms with Gasteiger partial charge in [0.05, 0.1) is 6.54 Å². The average Bonchev–Trinajstić information content (AvgIpc) is 2.11. The Morgan fingerprint density at radius 3 is 2.22 bits per heavy atom. The Morgan fingerprint density at radius 2 is 1.83 bits per heavy atom. The number of carboxylic acids is 1. The second kappa shape index (κ2) is 6.94. The van der Waals surface area contributed by atoms with Crippen LogP contribution in [0.25, 0.3) is 0 Å². The van der Waals surface area contributed by atoms with Gasteiger partial charge in [0.25, 0.3) is 0 Å². The summed E-state index contributed by atoms with van der Waals surface area (Å²) in [7, 11) is 0. The molecular formula is C11H20F3NO3. The summed E-state index contributed by atoms with van der Waals surface area (Å²) >= 11 is 0. The van der Waals surface area contributed by atoms with Crippen molar-refractivity contribution in [1.29, 1.82) is 0 Å². The highest BCUT2D eigenvalue weighted by Gasteiger charge is 2.27. The van der Waals surface area contributed by atoms with Crippen molar-refractivity contribution >= 4 is 5.97 Å². The van der Waals surface area contributed by atoms with E-state index >= 15 is 0 Å². The Labute approximate surface area is 105 Å². The normalized spacial score (nSPS) is 13.1. The summed E-state index contributed by atoms with van der Waals surface area (Å²) in [5.74, 6) is -0.957. The highest BCUT2D eigenvalue weighted by molar-refractivity contribution is 5.69. The van der Waals surface area contributed by atoms with Gasteiger partial charge in [0.15, 0.2) is 0 Å². The molecular weight excluding hydrogens is 251 g/mol. The van der Waals surface area contributed by atoms with Crippen LogP contribution in [0.15, 0.2) is 0 Å². The minimum atomic E-state index is -4.31. The van der Waals surface area contributed by atoms with Crippen molar-refractivity contribution in [3.05, 3.63) is 0 Å². The zero-order valence-electron chi connectivity index (χ0n) is 10.9. The number of alkyl halides is 3. The molecule has 0 aliphatic carbocycles. The highest BCUT2D eigenvalue weighted by Crippen LogP contribution is 2.15. The monoisotopic (exact) mass is 271 g/mol. The summed E-state index contributed by atoms with van der Waals surface area (Å²) in [6, 6.07) is 0. The molecule has 0 heterocycles. The first-order valence-corrected chi connectivity index (χ1v) is 5.64. The SMILES string of the molecule is CC(C)(C)N(CCCOCC(F)(F)F)CC(=O)O. The molecule has 0 fully saturated rings. The van der Waals surface area contributed by atoms with E-state index in [-0.39, 0.29) is 18.7 Å². The lowest BCUT2D eigenvalue weighted by atomic mass is 10.1. The molecule has 108 valence electrons. The highest BCUT2D eigenvalue weighted by atomic mass is 19.4. The van der Waals surface area contributed by atoms with Crippen molar-refractivity contribution < 1.29 is 27.8 Å². The molecule has 0 aromatic carbocycles. The van der Waals surface area contributed by atoms with Crippen LogP contribution in [0.5, 0.6) is 0 Å². The van der Waals surface area contributed by atoms with Crippen LogP contribution in [-0.4, -0.2) is 54.0 Å². The van der Waals surface area contributed by atoms with Gasteiger partial charge in [0.1, 0.15) is 6.61 Å². The number of ether oxygens (including phenoxy) is 1. The van der Waals surface area contributed by atoms with E-state index in [1.54, 1.807) is 4.90 Å². The molecule has 0 bridgehead atoms. The maximum Gasteiger partial charge on any atom is 0.411 e. The molecule has 0 aliphatic rings. The molecule has 0 rings (SSSR count). The second-order valence-electron chi connectivity index (χ2n) is 5.01. The predicted octanol–water partition coefficient (Wildman–Crippen LogP) is 2.14. The second-order valence-corrected chi connectivity index (χ2v) is 5.01. The molecule has 0 atom stereocenters. The Bertz CT molecular complexity index is 261. The predicted molar refractivity (Wildman–Crippen MR) is 60.5 cm³/mol. The quantitative estimate of drug-likeness (QED) is 0.721. The van der Waals surface area contributed by atoms with Crippen LogP contribution in [0.2, 0.25) is 0 Å². The van der Waals surface area contributed by atoms with Crippen LogP contribution in [0.1, 0.15) is 27.2 Å². The topological polar surface area (TPSA) is 49.8 Å². The lowest BCUT2D eigenvalue weighted by Crippen LogP contribution is -2.45. The summed E-state index contributed by atoms with van der Waals surface area (Å²) in [5.41, 5.74) is -0.345. The van der Waals surface area contributed by atoms with Crippen LogP contribution < -0.4 is 0 Å². The van der Waals surface area contributed by atoms with Gasteiger partial charge in [0.2, 0.25) is 0 Å². The first-order valence-electron chi connectivity index (χ1n) is 5.64. The summed E-state index contributed by atoms with van der Waals surface area (Å²) in [6.45, 7) is 4.51. The molecule has 0 aliphatic heterocycles. The first-order chi connectivity index (χ1) is 8.02. The summed E-state index contributed by atoms with van der Waals surface area (Å²) in [5, 5.41) is 8.73. The maximum atomic E-state index is 11.8. The van der Waals surface area contributed by atoms with Crippen molar-refractivity contribution in [2.75, 3.05) is 26.3 Å². The smallest absolute Gasteiger partial charge is 0.411 e. The van der Waals surface area contributed by atoms with E-state index in [1.165, 1.54) is 0 Å². The largest absolute Gasteiger partial charge is 0.480 e. The van der Waals surface area contributed by atoms with E-state index in [9.17, 15) is 18.0 Å². The standard InChI is InChI=1S/C11H20F3NO3/c1-10(2,3)15(7-9(16)17)5-4-6-18-8-11(12,13)14/h4-8H2,1-3H3,(H,16,17). The molecule has 0 unspecified atom stereocenters. The third kappa shape index (κ3) is 9.23. The Hall–Kier alpha value is -0.820. The number of hydrogen-bond acceptors (Lipinski definition) is 3. The zero-order chi connectivity index (χ0) is 14.4. The molecule has 0 saturated heterocycles. The van der Waals surface area contributed by atoms with E-state index in [0.717, 1.165) is 0 Å². The van der Waals surface area contributed by atoms with Gasteiger partial charge in [-0.1, -0.05) is 0 Å². The van der Waals surface area contributed by atoms with Gasteiger partial charge in [-0.2, -0.15) is 13.2 Å². The van der Waals surface area contributed by atoms with E-state index in [1.807, 2.05) is 20.8 Å². The number of rotatable bonds is 7. The van der Waals surface area contributed by atoms with E-state index in [4.69, 9.17) is 5.11 Å². The van der Waals surface area contributed by atoms with Crippen LogP contribution in [0, 0.1) is 0 Å². The molecule has 4 nitrogen and oxygen atoms in total.